The molecular formula is C7H11N3OS. The summed E-state index contributed by atoms with van der Waals surface area (Å²) >= 11 is 1.84. The molecule has 5 heteroatoms. The first-order chi connectivity index (χ1) is 5.77. The van der Waals surface area contributed by atoms with E-state index in [4.69, 9.17) is 10.3 Å². The van der Waals surface area contributed by atoms with E-state index in [1.165, 1.54) is 0 Å². The highest BCUT2D eigenvalue weighted by molar-refractivity contribution is 7.99. The Bertz CT molecular complexity index is 275. The average molecular weight is 185 g/mol. The number of hydrogen-bond acceptors (Lipinski definition) is 5. The molecule has 12 heavy (non-hydrogen) atoms. The maximum Gasteiger partial charge on any atom is 0.232 e. The van der Waals surface area contributed by atoms with Gasteiger partial charge in [-0.05, 0) is 6.92 Å². The number of rotatable bonds is 1. The minimum Gasteiger partial charge on any atom is -0.339 e. The molecule has 1 fully saturated rings. The SMILES string of the molecule is Cc1noc(C2CSCC2N)n1. The molecule has 2 heterocycles. The van der Waals surface area contributed by atoms with Gasteiger partial charge in [-0.3, -0.25) is 0 Å². The quantitative estimate of drug-likeness (QED) is 0.691. The molecule has 0 saturated carbocycles. The fourth-order valence-electron chi connectivity index (χ4n) is 1.29. The summed E-state index contributed by atoms with van der Waals surface area (Å²) in [5, 5.41) is 3.74. The molecule has 1 aromatic rings. The third kappa shape index (κ3) is 1.34. The molecule has 4 nitrogen and oxygen atoms in total. The third-order valence-corrected chi connectivity index (χ3v) is 3.20. The molecule has 1 saturated heterocycles. The van der Waals surface area contributed by atoms with Crippen molar-refractivity contribution in [3.8, 4) is 0 Å². The lowest BCUT2D eigenvalue weighted by atomic mass is 10.1. The lowest BCUT2D eigenvalue weighted by Crippen LogP contribution is -2.26. The van der Waals surface area contributed by atoms with Gasteiger partial charge in [0, 0.05) is 17.5 Å². The molecule has 1 aliphatic rings. The van der Waals surface area contributed by atoms with Crippen LogP contribution < -0.4 is 5.73 Å². The van der Waals surface area contributed by atoms with Gasteiger partial charge in [0.15, 0.2) is 5.82 Å². The van der Waals surface area contributed by atoms with Crippen molar-refractivity contribution < 1.29 is 4.52 Å². The number of nitrogens with two attached hydrogens (primary N) is 1. The predicted octanol–water partition coefficient (Wildman–Crippen LogP) is 0.536. The van der Waals surface area contributed by atoms with Gasteiger partial charge in [0.25, 0.3) is 0 Å². The molecule has 1 aliphatic heterocycles. The first-order valence-electron chi connectivity index (χ1n) is 3.91. The van der Waals surface area contributed by atoms with Crippen LogP contribution >= 0.6 is 11.8 Å². The monoisotopic (exact) mass is 185 g/mol. The molecular weight excluding hydrogens is 174 g/mol. The highest BCUT2D eigenvalue weighted by atomic mass is 32.2. The van der Waals surface area contributed by atoms with Crippen LogP contribution in [0, 0.1) is 6.92 Å². The number of aromatic nitrogens is 2. The molecule has 1 aromatic heterocycles. The average Bonchev–Trinajstić information content (AvgIpc) is 2.58. The maximum atomic E-state index is 5.87. The highest BCUT2D eigenvalue weighted by Crippen LogP contribution is 2.30. The van der Waals surface area contributed by atoms with Crippen LogP contribution in [0.4, 0.5) is 0 Å². The Morgan fingerprint density at radius 1 is 1.58 bits per heavy atom. The third-order valence-electron chi connectivity index (χ3n) is 1.99. The molecule has 0 aromatic carbocycles. The summed E-state index contributed by atoms with van der Waals surface area (Å²) < 4.78 is 5.06. The Hall–Kier alpha value is -0.550. The van der Waals surface area contributed by atoms with Gasteiger partial charge < -0.3 is 10.3 Å². The number of aryl methyl sites for hydroxylation is 1. The molecule has 2 atom stereocenters. The van der Waals surface area contributed by atoms with Crippen LogP contribution in [0.1, 0.15) is 17.6 Å². The van der Waals surface area contributed by atoms with Crippen LogP contribution in [0.2, 0.25) is 0 Å². The van der Waals surface area contributed by atoms with Crippen molar-refractivity contribution in [2.75, 3.05) is 11.5 Å². The minimum atomic E-state index is 0.176. The van der Waals surface area contributed by atoms with Crippen molar-refractivity contribution >= 4 is 11.8 Å². The van der Waals surface area contributed by atoms with Gasteiger partial charge in [-0.1, -0.05) is 5.16 Å². The van der Waals surface area contributed by atoms with E-state index in [0.717, 1.165) is 11.5 Å². The predicted molar refractivity (Wildman–Crippen MR) is 47.1 cm³/mol. The Balaban J connectivity index is 2.19. The Morgan fingerprint density at radius 2 is 2.42 bits per heavy atom. The van der Waals surface area contributed by atoms with E-state index in [0.29, 0.717) is 11.7 Å². The van der Waals surface area contributed by atoms with Gasteiger partial charge in [-0.25, -0.2) is 0 Å². The summed E-state index contributed by atoms with van der Waals surface area (Å²) in [6.07, 6.45) is 0. The second-order valence-electron chi connectivity index (χ2n) is 2.99. The number of thioether (sulfide) groups is 1. The van der Waals surface area contributed by atoms with E-state index < -0.39 is 0 Å². The normalized spacial score (nSPS) is 29.5. The van der Waals surface area contributed by atoms with Crippen LogP contribution in [0.15, 0.2) is 4.52 Å². The number of nitrogens with zero attached hydrogens (tertiary/aromatic N) is 2. The topological polar surface area (TPSA) is 64.9 Å². The van der Waals surface area contributed by atoms with E-state index in [1.807, 2.05) is 18.7 Å². The fraction of sp³-hybridized carbons (Fsp3) is 0.714. The van der Waals surface area contributed by atoms with Gasteiger partial charge in [-0.2, -0.15) is 16.7 Å². The van der Waals surface area contributed by atoms with Crippen LogP contribution in [-0.4, -0.2) is 27.7 Å². The largest absolute Gasteiger partial charge is 0.339 e. The first kappa shape index (κ1) is 8.07. The molecule has 0 bridgehead atoms. The van der Waals surface area contributed by atoms with E-state index in [9.17, 15) is 0 Å². The van der Waals surface area contributed by atoms with Crippen LogP contribution in [0.25, 0.3) is 0 Å². The summed E-state index contributed by atoms with van der Waals surface area (Å²) in [5.74, 6) is 3.64. The van der Waals surface area contributed by atoms with Gasteiger partial charge in [0.1, 0.15) is 0 Å². The van der Waals surface area contributed by atoms with E-state index in [2.05, 4.69) is 10.1 Å². The van der Waals surface area contributed by atoms with Crippen molar-refractivity contribution in [2.24, 2.45) is 5.73 Å². The second-order valence-corrected chi connectivity index (χ2v) is 4.06. The van der Waals surface area contributed by atoms with Crippen LogP contribution in [0.3, 0.4) is 0 Å². The van der Waals surface area contributed by atoms with E-state index in [1.54, 1.807) is 0 Å². The molecule has 0 spiro atoms. The second kappa shape index (κ2) is 3.06. The molecule has 2 unspecified atom stereocenters. The van der Waals surface area contributed by atoms with Gasteiger partial charge in [0.2, 0.25) is 5.89 Å². The summed E-state index contributed by atoms with van der Waals surface area (Å²) in [4.78, 5) is 4.17. The molecule has 0 radical (unpaired) electrons. The van der Waals surface area contributed by atoms with E-state index in [-0.39, 0.29) is 12.0 Å². The smallest absolute Gasteiger partial charge is 0.232 e. The molecule has 66 valence electrons. The number of hydrogen-bond donors (Lipinski definition) is 1. The van der Waals surface area contributed by atoms with Crippen molar-refractivity contribution in [3.05, 3.63) is 11.7 Å². The van der Waals surface area contributed by atoms with Crippen molar-refractivity contribution in [1.29, 1.82) is 0 Å². The Morgan fingerprint density at radius 3 is 2.92 bits per heavy atom. The fourth-order valence-corrected chi connectivity index (χ4v) is 2.57. The summed E-state index contributed by atoms with van der Waals surface area (Å²) in [6, 6.07) is 0.176. The standard InChI is InChI=1S/C7H11N3OS/c1-4-9-7(11-10-4)5-2-12-3-6(5)8/h5-6H,2-3,8H2,1H3. The molecule has 0 aliphatic carbocycles. The molecule has 2 N–H and O–H groups in total. The summed E-state index contributed by atoms with van der Waals surface area (Å²) in [7, 11) is 0. The van der Waals surface area contributed by atoms with Crippen molar-refractivity contribution in [3.63, 3.8) is 0 Å². The van der Waals surface area contributed by atoms with Crippen LogP contribution in [0.5, 0.6) is 0 Å². The molecule has 2 rings (SSSR count). The lowest BCUT2D eigenvalue weighted by Gasteiger charge is -2.07. The van der Waals surface area contributed by atoms with Gasteiger partial charge in [-0.15, -0.1) is 0 Å². The molecule has 0 amide bonds. The maximum absolute atomic E-state index is 5.87. The Labute approximate surface area is 74.9 Å². The highest BCUT2D eigenvalue weighted by Gasteiger charge is 2.30. The zero-order chi connectivity index (χ0) is 8.55. The zero-order valence-corrected chi connectivity index (χ0v) is 7.67. The van der Waals surface area contributed by atoms with Gasteiger partial charge in [0.05, 0.1) is 5.92 Å². The zero-order valence-electron chi connectivity index (χ0n) is 6.86. The summed E-state index contributed by atoms with van der Waals surface area (Å²) in [5.41, 5.74) is 5.87. The van der Waals surface area contributed by atoms with E-state index >= 15 is 0 Å². The minimum absolute atomic E-state index is 0.176. The Kier molecular flexibility index (Phi) is 2.06. The van der Waals surface area contributed by atoms with Crippen molar-refractivity contribution in [1.82, 2.24) is 10.1 Å². The van der Waals surface area contributed by atoms with Gasteiger partial charge >= 0.3 is 0 Å². The lowest BCUT2D eigenvalue weighted by molar-refractivity contribution is 0.350. The summed E-state index contributed by atoms with van der Waals surface area (Å²) in [6.45, 7) is 1.82. The van der Waals surface area contributed by atoms with Crippen LogP contribution in [-0.2, 0) is 0 Å². The van der Waals surface area contributed by atoms with Crippen molar-refractivity contribution in [2.45, 2.75) is 18.9 Å². The first-order valence-corrected chi connectivity index (χ1v) is 5.06.